The summed E-state index contributed by atoms with van der Waals surface area (Å²) in [6.45, 7) is 0. The van der Waals surface area contributed by atoms with Gasteiger partial charge in [-0.05, 0) is 0 Å². The Morgan fingerprint density at radius 2 is 0.769 bits per heavy atom. The van der Waals surface area contributed by atoms with Crippen molar-refractivity contribution in [2.75, 3.05) is 0 Å². The molecule has 0 heterocycles. The van der Waals surface area contributed by atoms with Crippen LogP contribution in [0.25, 0.3) is 0 Å². The Morgan fingerprint density at radius 3 is 0.769 bits per heavy atom. The molecule has 0 bridgehead atoms. The summed E-state index contributed by atoms with van der Waals surface area (Å²) in [6, 6.07) is 0. The van der Waals surface area contributed by atoms with Crippen molar-refractivity contribution in [3.05, 3.63) is 0 Å². The van der Waals surface area contributed by atoms with Crippen molar-refractivity contribution in [3.63, 3.8) is 0 Å². The van der Waals surface area contributed by atoms with E-state index in [4.69, 9.17) is 21.0 Å². The molecule has 0 spiro atoms. The molecule has 0 unspecified atom stereocenters. The van der Waals surface area contributed by atoms with Gasteiger partial charge < -0.3 is 21.0 Å². The largest absolute Gasteiger partial charge is 2.00 e. The molecular weight excluding hydrogens is 412 g/mol. The summed E-state index contributed by atoms with van der Waals surface area (Å²) >= 11 is 0. The molecule has 0 atom stereocenters. The Hall–Kier alpha value is 2.51. The second kappa shape index (κ2) is 36.6. The SMILES string of the molecule is [Ag+].[Ba+2].[Li+].[O-]OOO[O-].[O-]OOO[O-]. The second-order valence-corrected chi connectivity index (χ2v) is 0.408. The molecular formula is AgBaLiO10. The van der Waals surface area contributed by atoms with Gasteiger partial charge in [0.1, 0.15) is 0 Å². The molecule has 0 amide bonds. The summed E-state index contributed by atoms with van der Waals surface area (Å²) in [5, 5.41) is 49.0. The summed E-state index contributed by atoms with van der Waals surface area (Å²) < 4.78 is 0. The van der Waals surface area contributed by atoms with Crippen molar-refractivity contribution in [2.45, 2.75) is 0 Å². The van der Waals surface area contributed by atoms with Gasteiger partial charge in [-0.15, -0.1) is 0 Å². The van der Waals surface area contributed by atoms with Crippen LogP contribution in [0.2, 0.25) is 0 Å². The fraction of sp³-hybridized carbons (Fsp3) is 0. The van der Waals surface area contributed by atoms with Gasteiger partial charge in [0.15, 0.2) is 0 Å². The first-order valence-corrected chi connectivity index (χ1v) is 1.33. The van der Waals surface area contributed by atoms with Crippen LogP contribution in [0.5, 0.6) is 0 Å². The molecule has 13 heavy (non-hydrogen) atoms. The minimum atomic E-state index is 0. The maximum absolute atomic E-state index is 8.48. The normalized spacial score (nSPS) is 6.46. The molecule has 0 N–H and O–H groups in total. The van der Waals surface area contributed by atoms with E-state index < -0.39 is 0 Å². The summed E-state index contributed by atoms with van der Waals surface area (Å²) in [4.78, 5) is 0. The first-order valence-electron chi connectivity index (χ1n) is 1.33. The van der Waals surface area contributed by atoms with Gasteiger partial charge in [-0.25, -0.2) is 0 Å². The molecule has 0 aliphatic carbocycles. The van der Waals surface area contributed by atoms with Crippen molar-refractivity contribution in [3.8, 4) is 0 Å². The van der Waals surface area contributed by atoms with Crippen LogP contribution in [0, 0.1) is 0 Å². The fourth-order valence-electron chi connectivity index (χ4n) is 0.0227. The van der Waals surface area contributed by atoms with Crippen LogP contribution in [-0.2, 0) is 52.6 Å². The maximum atomic E-state index is 8.48. The summed E-state index contributed by atoms with van der Waals surface area (Å²) in [6.07, 6.45) is 0. The molecule has 0 aliphatic rings. The van der Waals surface area contributed by atoms with Crippen LogP contribution in [0.4, 0.5) is 0 Å². The Bertz CT molecular complexity index is 35.9. The first kappa shape index (κ1) is 29.6. The zero-order chi connectivity index (χ0) is 8.24. The third-order valence-corrected chi connectivity index (χ3v) is 0.111. The van der Waals surface area contributed by atoms with E-state index in [-0.39, 0.29) is 90.1 Å². The van der Waals surface area contributed by atoms with Gasteiger partial charge in [0.25, 0.3) is 0 Å². The van der Waals surface area contributed by atoms with Crippen molar-refractivity contribution in [2.24, 2.45) is 0 Å². The van der Waals surface area contributed by atoms with Crippen molar-refractivity contribution < 1.29 is 92.5 Å². The smallest absolute Gasteiger partial charge is 0.690 e. The Balaban J connectivity index is -0.0000000267. The van der Waals surface area contributed by atoms with E-state index in [0.717, 1.165) is 0 Å². The third kappa shape index (κ3) is 53.6. The zero-order valence-corrected chi connectivity index (χ0v) is 12.0. The van der Waals surface area contributed by atoms with Gasteiger partial charge in [-0.2, -0.15) is 0 Å². The van der Waals surface area contributed by atoms with Gasteiger partial charge in [-0.1, -0.05) is 10.1 Å². The van der Waals surface area contributed by atoms with E-state index in [1.165, 1.54) is 0 Å². The quantitative estimate of drug-likeness (QED) is 0.248. The number of rotatable bonds is 4. The fourth-order valence-corrected chi connectivity index (χ4v) is 0.0227. The third-order valence-electron chi connectivity index (χ3n) is 0.111. The number of hydrogen-bond acceptors (Lipinski definition) is 10. The molecule has 10 nitrogen and oxygen atoms in total. The Labute approximate surface area is 139 Å². The van der Waals surface area contributed by atoms with Gasteiger partial charge in [0.2, 0.25) is 0 Å². The van der Waals surface area contributed by atoms with Crippen LogP contribution in [0.15, 0.2) is 0 Å². The standard InChI is InChI=1S/Ag.Ba.Li.2H2O5/c;;;2*1-3-5-4-2/h;;;2*1-2H/q+1;+2;+1;;/p-4. The zero-order valence-electron chi connectivity index (χ0n) is 6.09. The average molecular weight is 412 g/mol. The molecule has 0 aromatic rings. The van der Waals surface area contributed by atoms with E-state index in [1.54, 1.807) is 0 Å². The van der Waals surface area contributed by atoms with Gasteiger partial charge in [0, 0.05) is 0 Å². The molecule has 0 aliphatic heterocycles. The molecule has 74 valence electrons. The minimum Gasteiger partial charge on any atom is -0.690 e. The van der Waals surface area contributed by atoms with E-state index in [0.29, 0.717) is 0 Å². The van der Waals surface area contributed by atoms with Crippen molar-refractivity contribution in [1.29, 1.82) is 0 Å². The second-order valence-electron chi connectivity index (χ2n) is 0.408. The van der Waals surface area contributed by atoms with E-state index in [9.17, 15) is 0 Å². The van der Waals surface area contributed by atoms with Crippen LogP contribution >= 0.6 is 0 Å². The topological polar surface area (TPSA) is 148 Å². The van der Waals surface area contributed by atoms with Crippen LogP contribution in [0.1, 0.15) is 0 Å². The van der Waals surface area contributed by atoms with Crippen molar-refractivity contribution in [1.82, 2.24) is 0 Å². The predicted molar refractivity (Wildman–Crippen MR) is 12.3 cm³/mol. The summed E-state index contributed by atoms with van der Waals surface area (Å²) in [5.74, 6) is 0. The molecule has 0 radical (unpaired) electrons. The summed E-state index contributed by atoms with van der Waals surface area (Å²) in [7, 11) is 0. The minimum absolute atomic E-state index is 0. The van der Waals surface area contributed by atoms with Gasteiger partial charge in [0.05, 0.1) is 0 Å². The van der Waals surface area contributed by atoms with Gasteiger partial charge in [-0.3, -0.25) is 20.2 Å². The average Bonchev–Trinajstić information content (AvgIpc) is 1.93. The van der Waals surface area contributed by atoms with E-state index >= 15 is 0 Å². The molecule has 0 saturated carbocycles. The molecule has 0 aromatic carbocycles. The molecule has 0 fully saturated rings. The molecule has 0 saturated heterocycles. The van der Waals surface area contributed by atoms with Crippen LogP contribution in [-0.4, -0.2) is 48.9 Å². The Morgan fingerprint density at radius 1 is 0.615 bits per heavy atom. The van der Waals surface area contributed by atoms with Gasteiger partial charge >= 0.3 is 90.1 Å². The monoisotopic (exact) mass is 412 g/mol. The number of hydrogen-bond donors (Lipinski definition) is 0. The Kier molecular flexibility index (Phi) is 83.2. The molecule has 0 aromatic heterocycles. The molecule has 13 heteroatoms. The predicted octanol–water partition coefficient (Wildman–Crippen LogP) is -8.55. The van der Waals surface area contributed by atoms with E-state index in [2.05, 4.69) is 30.2 Å². The van der Waals surface area contributed by atoms with Crippen molar-refractivity contribution >= 4 is 48.9 Å². The van der Waals surface area contributed by atoms with E-state index in [1.807, 2.05) is 0 Å². The summed E-state index contributed by atoms with van der Waals surface area (Å²) in [5.41, 5.74) is 0. The first-order chi connectivity index (χ1) is 4.83. The van der Waals surface area contributed by atoms with Crippen LogP contribution in [0.3, 0.4) is 0 Å². The molecule has 0 rings (SSSR count). The maximum Gasteiger partial charge on any atom is 2.00 e. The van der Waals surface area contributed by atoms with Crippen LogP contribution < -0.4 is 39.9 Å².